The molecule has 7 nitrogen and oxygen atoms in total. The predicted octanol–water partition coefficient (Wildman–Crippen LogP) is 3.90. The van der Waals surface area contributed by atoms with E-state index in [9.17, 15) is 18.0 Å². The predicted molar refractivity (Wildman–Crippen MR) is 122 cm³/mol. The maximum atomic E-state index is 13.1. The molecule has 0 saturated carbocycles. The SMILES string of the molecule is O=c1c2c3c(sc2ncn1CCn1ccnc1)CC(NCc1ccccc1OC(F)(F)F)CC3. The fraction of sp³-hybridized carbons (Fsp3) is 0.348. The van der Waals surface area contributed by atoms with Crippen molar-refractivity contribution in [3.05, 3.63) is 75.7 Å². The van der Waals surface area contributed by atoms with Gasteiger partial charge >= 0.3 is 6.36 Å². The summed E-state index contributed by atoms with van der Waals surface area (Å²) in [7, 11) is 0. The molecular formula is C23H22F3N5O2S. The second-order valence-electron chi connectivity index (χ2n) is 8.20. The zero-order chi connectivity index (χ0) is 23.7. The van der Waals surface area contributed by atoms with Gasteiger partial charge in [0.25, 0.3) is 5.56 Å². The lowest BCUT2D eigenvalue weighted by atomic mass is 9.93. The van der Waals surface area contributed by atoms with Crippen molar-refractivity contribution in [3.8, 4) is 5.75 Å². The van der Waals surface area contributed by atoms with Crippen molar-refractivity contribution in [2.45, 2.75) is 51.3 Å². The van der Waals surface area contributed by atoms with Crippen molar-refractivity contribution >= 4 is 21.6 Å². The maximum Gasteiger partial charge on any atom is 0.573 e. The Balaban J connectivity index is 1.29. The van der Waals surface area contributed by atoms with Gasteiger partial charge in [0.2, 0.25) is 0 Å². The van der Waals surface area contributed by atoms with Gasteiger partial charge in [-0.2, -0.15) is 0 Å². The summed E-state index contributed by atoms with van der Waals surface area (Å²) in [4.78, 5) is 23.5. The highest BCUT2D eigenvalue weighted by atomic mass is 32.1. The van der Waals surface area contributed by atoms with Crippen molar-refractivity contribution in [1.82, 2.24) is 24.4 Å². The molecule has 0 radical (unpaired) electrons. The quantitative estimate of drug-likeness (QED) is 0.426. The minimum absolute atomic E-state index is 0.0350. The summed E-state index contributed by atoms with van der Waals surface area (Å²) >= 11 is 1.52. The molecule has 4 aromatic rings. The number of aromatic nitrogens is 4. The van der Waals surface area contributed by atoms with Crippen molar-refractivity contribution in [1.29, 1.82) is 0 Å². The standard InChI is InChI=1S/C23H22F3N5O2S/c24-23(25,26)33-18-4-2-1-3-15(18)12-28-16-5-6-17-19(11-16)34-21-20(17)22(32)31(14-29-21)10-9-30-8-7-27-13-30/h1-4,7-8,13-14,16,28H,5-6,9-12H2. The Morgan fingerprint density at radius 3 is 2.85 bits per heavy atom. The van der Waals surface area contributed by atoms with Crippen LogP contribution in [0.4, 0.5) is 13.2 Å². The van der Waals surface area contributed by atoms with Crippen LogP contribution in [0.15, 0.2) is 54.1 Å². The molecule has 0 aliphatic heterocycles. The van der Waals surface area contributed by atoms with E-state index in [-0.39, 0.29) is 23.9 Å². The van der Waals surface area contributed by atoms with E-state index >= 15 is 0 Å². The van der Waals surface area contributed by atoms with Gasteiger partial charge in [-0.1, -0.05) is 18.2 Å². The second-order valence-corrected chi connectivity index (χ2v) is 9.29. The number of hydrogen-bond acceptors (Lipinski definition) is 6. The number of aryl methyl sites for hydroxylation is 3. The lowest BCUT2D eigenvalue weighted by molar-refractivity contribution is -0.274. The van der Waals surface area contributed by atoms with E-state index < -0.39 is 6.36 Å². The maximum absolute atomic E-state index is 13.1. The molecule has 5 rings (SSSR count). The summed E-state index contributed by atoms with van der Waals surface area (Å²) in [6, 6.07) is 6.23. The topological polar surface area (TPSA) is 74.0 Å². The van der Waals surface area contributed by atoms with Gasteiger partial charge in [-0.15, -0.1) is 24.5 Å². The van der Waals surface area contributed by atoms with Gasteiger partial charge < -0.3 is 14.6 Å². The Bertz CT molecular complexity index is 1350. The number of ether oxygens (including phenoxy) is 1. The number of nitrogens with zero attached hydrogens (tertiary/aromatic N) is 4. The summed E-state index contributed by atoms with van der Waals surface area (Å²) in [6.07, 6.45) is 4.33. The number of fused-ring (bicyclic) bond motifs is 3. The lowest BCUT2D eigenvalue weighted by Gasteiger charge is -2.24. The molecule has 0 fully saturated rings. The summed E-state index contributed by atoms with van der Waals surface area (Å²) in [6.45, 7) is 1.40. The highest BCUT2D eigenvalue weighted by molar-refractivity contribution is 7.18. The van der Waals surface area contributed by atoms with Crippen LogP contribution in [0.2, 0.25) is 0 Å². The molecule has 1 aliphatic rings. The first-order valence-corrected chi connectivity index (χ1v) is 11.7. The highest BCUT2D eigenvalue weighted by Crippen LogP contribution is 2.34. The average molecular weight is 490 g/mol. The number of alkyl halides is 3. The Hall–Kier alpha value is -3.18. The molecule has 3 heterocycles. The second kappa shape index (κ2) is 9.22. The number of halogens is 3. The minimum atomic E-state index is -4.73. The van der Waals surface area contributed by atoms with E-state index in [4.69, 9.17) is 0 Å². The smallest absolute Gasteiger partial charge is 0.405 e. The Kier molecular flexibility index (Phi) is 6.13. The molecular weight excluding hydrogens is 467 g/mol. The molecule has 0 spiro atoms. The van der Waals surface area contributed by atoms with E-state index in [0.29, 0.717) is 30.5 Å². The van der Waals surface area contributed by atoms with E-state index in [2.05, 4.69) is 20.0 Å². The summed E-state index contributed by atoms with van der Waals surface area (Å²) in [5.41, 5.74) is 1.46. The van der Waals surface area contributed by atoms with Crippen LogP contribution in [0, 0.1) is 0 Å². The molecule has 34 heavy (non-hydrogen) atoms. The Morgan fingerprint density at radius 2 is 2.06 bits per heavy atom. The molecule has 0 bridgehead atoms. The summed E-state index contributed by atoms with van der Waals surface area (Å²) in [5.74, 6) is -0.193. The Labute approximate surface area is 196 Å². The molecule has 0 amide bonds. The van der Waals surface area contributed by atoms with Crippen LogP contribution < -0.4 is 15.6 Å². The van der Waals surface area contributed by atoms with Gasteiger partial charge in [0.05, 0.1) is 18.0 Å². The van der Waals surface area contributed by atoms with E-state index in [1.54, 1.807) is 35.6 Å². The summed E-state index contributed by atoms with van der Waals surface area (Å²) < 4.78 is 45.8. The number of benzene rings is 1. The molecule has 1 atom stereocenters. The number of thiophene rings is 1. The van der Waals surface area contributed by atoms with Gasteiger partial charge in [0, 0.05) is 48.5 Å². The van der Waals surface area contributed by atoms with Crippen molar-refractivity contribution in [2.75, 3.05) is 0 Å². The monoisotopic (exact) mass is 489 g/mol. The van der Waals surface area contributed by atoms with Crippen molar-refractivity contribution < 1.29 is 17.9 Å². The van der Waals surface area contributed by atoms with Crippen LogP contribution in [0.3, 0.4) is 0 Å². The van der Waals surface area contributed by atoms with Crippen molar-refractivity contribution in [3.63, 3.8) is 0 Å². The minimum Gasteiger partial charge on any atom is -0.405 e. The van der Waals surface area contributed by atoms with Crippen LogP contribution in [0.1, 0.15) is 22.4 Å². The number of rotatable bonds is 7. The third kappa shape index (κ3) is 4.85. The van der Waals surface area contributed by atoms with Gasteiger partial charge in [0.15, 0.2) is 0 Å². The van der Waals surface area contributed by atoms with Crippen LogP contribution >= 0.6 is 11.3 Å². The van der Waals surface area contributed by atoms with E-state index in [1.807, 2.05) is 10.8 Å². The average Bonchev–Trinajstić information content (AvgIpc) is 3.44. The molecule has 1 aromatic carbocycles. The van der Waals surface area contributed by atoms with Gasteiger partial charge in [0.1, 0.15) is 10.6 Å². The zero-order valence-corrected chi connectivity index (χ0v) is 18.9. The molecule has 3 aromatic heterocycles. The molecule has 178 valence electrons. The molecule has 11 heteroatoms. The van der Waals surface area contributed by atoms with Gasteiger partial charge in [-0.25, -0.2) is 9.97 Å². The first kappa shape index (κ1) is 22.6. The zero-order valence-electron chi connectivity index (χ0n) is 18.1. The van der Waals surface area contributed by atoms with Crippen LogP contribution in [0.5, 0.6) is 5.75 Å². The fourth-order valence-corrected chi connectivity index (χ4v) is 5.56. The first-order valence-electron chi connectivity index (χ1n) is 10.9. The van der Waals surface area contributed by atoms with Crippen molar-refractivity contribution in [2.24, 2.45) is 0 Å². The lowest BCUT2D eigenvalue weighted by Crippen LogP contribution is -2.34. The van der Waals surface area contributed by atoms with E-state index in [0.717, 1.165) is 28.1 Å². The van der Waals surface area contributed by atoms with Gasteiger partial charge in [-0.3, -0.25) is 9.36 Å². The molecule has 1 N–H and O–H groups in total. The highest BCUT2D eigenvalue weighted by Gasteiger charge is 2.32. The van der Waals surface area contributed by atoms with Crippen LogP contribution in [0.25, 0.3) is 10.2 Å². The first-order chi connectivity index (χ1) is 16.4. The third-order valence-corrected chi connectivity index (χ3v) is 7.14. The largest absolute Gasteiger partial charge is 0.573 e. The molecule has 1 aliphatic carbocycles. The van der Waals surface area contributed by atoms with E-state index in [1.165, 1.54) is 23.5 Å². The number of imidazole rings is 1. The number of nitrogens with one attached hydrogen (secondary N) is 1. The van der Waals surface area contributed by atoms with Crippen LogP contribution in [-0.4, -0.2) is 31.5 Å². The fourth-order valence-electron chi connectivity index (χ4n) is 4.31. The molecule has 0 saturated heterocycles. The third-order valence-electron chi connectivity index (χ3n) is 5.97. The number of para-hydroxylation sites is 1. The van der Waals surface area contributed by atoms with Crippen LogP contribution in [-0.2, 0) is 32.5 Å². The van der Waals surface area contributed by atoms with Gasteiger partial charge in [-0.05, 0) is 30.9 Å². The number of hydrogen-bond donors (Lipinski definition) is 1. The Morgan fingerprint density at radius 1 is 1.21 bits per heavy atom. The molecule has 1 unspecified atom stereocenters. The summed E-state index contributed by atoms with van der Waals surface area (Å²) in [5, 5.41) is 4.05. The normalized spacial score (nSPS) is 16.0.